The van der Waals surface area contributed by atoms with Crippen LogP contribution in [0.5, 0.6) is 0 Å². The van der Waals surface area contributed by atoms with E-state index in [2.05, 4.69) is 24.8 Å². The number of nitrogens with two attached hydrogens (primary N) is 1. The van der Waals surface area contributed by atoms with Gasteiger partial charge in [0.15, 0.2) is 0 Å². The molecule has 0 bridgehead atoms. The first-order valence-corrected chi connectivity index (χ1v) is 5.79. The minimum Gasteiger partial charge on any atom is -0.397 e. The summed E-state index contributed by atoms with van der Waals surface area (Å²) in [5.74, 6) is 0. The Labute approximate surface area is 107 Å². The molecule has 1 aromatic heterocycles. The molecule has 0 aliphatic carbocycles. The summed E-state index contributed by atoms with van der Waals surface area (Å²) in [4.78, 5) is 0. The fourth-order valence-corrected chi connectivity index (χ4v) is 2.03. The molecule has 0 spiro atoms. The van der Waals surface area contributed by atoms with E-state index in [0.29, 0.717) is 17.9 Å². The summed E-state index contributed by atoms with van der Waals surface area (Å²) < 4.78 is 1.91. The second-order valence-electron chi connectivity index (χ2n) is 4.11. The molecule has 18 heavy (non-hydrogen) atoms. The highest BCUT2D eigenvalue weighted by Crippen LogP contribution is 2.21. The van der Waals surface area contributed by atoms with Crippen LogP contribution < -0.4 is 5.73 Å². The van der Waals surface area contributed by atoms with E-state index in [0.717, 1.165) is 12.1 Å². The molecule has 1 heterocycles. The lowest BCUT2D eigenvalue weighted by molar-refractivity contribution is 0.768. The maximum atomic E-state index is 9.09. The SMILES string of the molecule is C=CCn1c(C#N)cc(N)c1Cc1ccccc1. The molecule has 90 valence electrons. The molecule has 0 atom stereocenters. The van der Waals surface area contributed by atoms with Gasteiger partial charge in [0, 0.05) is 18.7 Å². The summed E-state index contributed by atoms with van der Waals surface area (Å²) in [6.45, 7) is 4.32. The fraction of sp³-hybridized carbons (Fsp3) is 0.133. The summed E-state index contributed by atoms with van der Waals surface area (Å²) in [5.41, 5.74) is 9.38. The number of hydrogen-bond acceptors (Lipinski definition) is 2. The van der Waals surface area contributed by atoms with Gasteiger partial charge in [-0.05, 0) is 11.6 Å². The minimum atomic E-state index is 0.582. The highest BCUT2D eigenvalue weighted by Gasteiger charge is 2.12. The zero-order valence-corrected chi connectivity index (χ0v) is 10.1. The molecule has 3 heteroatoms. The summed E-state index contributed by atoms with van der Waals surface area (Å²) >= 11 is 0. The Hall–Kier alpha value is -2.47. The first-order valence-electron chi connectivity index (χ1n) is 5.79. The van der Waals surface area contributed by atoms with Gasteiger partial charge < -0.3 is 10.3 Å². The number of nitrogen functional groups attached to an aromatic ring is 1. The van der Waals surface area contributed by atoms with Crippen molar-refractivity contribution in [3.8, 4) is 6.07 Å². The normalized spacial score (nSPS) is 9.94. The van der Waals surface area contributed by atoms with E-state index in [-0.39, 0.29) is 0 Å². The Morgan fingerprint density at radius 3 is 2.67 bits per heavy atom. The topological polar surface area (TPSA) is 54.7 Å². The fourth-order valence-electron chi connectivity index (χ4n) is 2.03. The summed E-state index contributed by atoms with van der Waals surface area (Å²) in [6, 6.07) is 14.0. The molecule has 0 unspecified atom stereocenters. The maximum absolute atomic E-state index is 9.09. The number of allylic oxidation sites excluding steroid dienone is 1. The van der Waals surface area contributed by atoms with E-state index < -0.39 is 0 Å². The number of rotatable bonds is 4. The van der Waals surface area contributed by atoms with Crippen molar-refractivity contribution in [3.05, 3.63) is 66.0 Å². The predicted molar refractivity (Wildman–Crippen MR) is 73.0 cm³/mol. The number of nitriles is 1. The van der Waals surface area contributed by atoms with Gasteiger partial charge in [-0.1, -0.05) is 36.4 Å². The van der Waals surface area contributed by atoms with Crippen molar-refractivity contribution >= 4 is 5.69 Å². The Bertz CT molecular complexity index is 588. The van der Waals surface area contributed by atoms with Gasteiger partial charge in [0.1, 0.15) is 11.8 Å². The first kappa shape index (κ1) is 12.0. The average molecular weight is 237 g/mol. The standard InChI is InChI=1S/C15H15N3/c1-2-8-18-13(11-16)10-14(17)15(18)9-12-6-4-3-5-7-12/h2-7,10H,1,8-9,17H2. The Morgan fingerprint density at radius 1 is 1.33 bits per heavy atom. The van der Waals surface area contributed by atoms with Crippen molar-refractivity contribution in [2.24, 2.45) is 0 Å². The van der Waals surface area contributed by atoms with Crippen LogP contribution in [0.3, 0.4) is 0 Å². The minimum absolute atomic E-state index is 0.582. The summed E-state index contributed by atoms with van der Waals surface area (Å²) in [6.07, 6.45) is 2.50. The van der Waals surface area contributed by atoms with Crippen LogP contribution in [-0.2, 0) is 13.0 Å². The number of anilines is 1. The number of nitrogens with zero attached hydrogens (tertiary/aromatic N) is 2. The third-order valence-corrected chi connectivity index (χ3v) is 2.88. The van der Waals surface area contributed by atoms with Crippen LogP contribution in [-0.4, -0.2) is 4.57 Å². The zero-order chi connectivity index (χ0) is 13.0. The van der Waals surface area contributed by atoms with Crippen LogP contribution in [0, 0.1) is 11.3 Å². The van der Waals surface area contributed by atoms with Crippen molar-refractivity contribution in [3.63, 3.8) is 0 Å². The van der Waals surface area contributed by atoms with Gasteiger partial charge in [-0.3, -0.25) is 0 Å². The van der Waals surface area contributed by atoms with E-state index in [1.807, 2.05) is 22.8 Å². The zero-order valence-electron chi connectivity index (χ0n) is 10.1. The lowest BCUT2D eigenvalue weighted by Gasteiger charge is -2.09. The summed E-state index contributed by atoms with van der Waals surface area (Å²) in [7, 11) is 0. The Balaban J connectivity index is 2.41. The number of hydrogen-bond donors (Lipinski definition) is 1. The second-order valence-corrected chi connectivity index (χ2v) is 4.11. The maximum Gasteiger partial charge on any atom is 0.122 e. The van der Waals surface area contributed by atoms with Crippen LogP contribution in [0.1, 0.15) is 17.0 Å². The molecule has 3 nitrogen and oxygen atoms in total. The molecule has 0 saturated carbocycles. The van der Waals surface area contributed by atoms with Crippen molar-refractivity contribution in [1.82, 2.24) is 4.57 Å². The molecule has 0 aliphatic heterocycles. The smallest absolute Gasteiger partial charge is 0.122 e. The van der Waals surface area contributed by atoms with E-state index in [1.165, 1.54) is 5.56 Å². The molecule has 2 rings (SSSR count). The molecule has 0 saturated heterocycles. The molecule has 0 aliphatic rings. The van der Waals surface area contributed by atoms with Crippen LogP contribution in [0.25, 0.3) is 0 Å². The van der Waals surface area contributed by atoms with E-state index in [9.17, 15) is 0 Å². The molecular weight excluding hydrogens is 222 g/mol. The highest BCUT2D eigenvalue weighted by atomic mass is 15.0. The molecule has 1 aromatic carbocycles. The Morgan fingerprint density at radius 2 is 2.06 bits per heavy atom. The quantitative estimate of drug-likeness (QED) is 0.831. The first-order chi connectivity index (χ1) is 8.76. The highest BCUT2D eigenvalue weighted by molar-refractivity contribution is 5.52. The van der Waals surface area contributed by atoms with E-state index >= 15 is 0 Å². The van der Waals surface area contributed by atoms with Crippen molar-refractivity contribution in [1.29, 1.82) is 5.26 Å². The lowest BCUT2D eigenvalue weighted by Crippen LogP contribution is -2.06. The van der Waals surface area contributed by atoms with Crippen LogP contribution in [0.4, 0.5) is 5.69 Å². The number of aromatic nitrogens is 1. The largest absolute Gasteiger partial charge is 0.397 e. The van der Waals surface area contributed by atoms with Gasteiger partial charge >= 0.3 is 0 Å². The van der Waals surface area contributed by atoms with Gasteiger partial charge in [-0.25, -0.2) is 0 Å². The molecule has 0 fully saturated rings. The number of benzene rings is 1. The van der Waals surface area contributed by atoms with Crippen molar-refractivity contribution in [2.45, 2.75) is 13.0 Å². The predicted octanol–water partition coefficient (Wildman–Crippen LogP) is 2.72. The summed E-state index contributed by atoms with van der Waals surface area (Å²) in [5, 5.41) is 9.09. The van der Waals surface area contributed by atoms with Gasteiger partial charge in [0.05, 0.1) is 5.69 Å². The van der Waals surface area contributed by atoms with Gasteiger partial charge in [0.25, 0.3) is 0 Å². The third-order valence-electron chi connectivity index (χ3n) is 2.88. The molecule has 0 amide bonds. The molecule has 2 aromatic rings. The van der Waals surface area contributed by atoms with Gasteiger partial charge in [0.2, 0.25) is 0 Å². The van der Waals surface area contributed by atoms with Crippen LogP contribution in [0.15, 0.2) is 49.1 Å². The third kappa shape index (κ3) is 2.28. The average Bonchev–Trinajstić information content (AvgIpc) is 2.69. The molecular formula is C15H15N3. The molecule has 2 N–H and O–H groups in total. The Kier molecular flexibility index (Phi) is 3.49. The van der Waals surface area contributed by atoms with Crippen molar-refractivity contribution < 1.29 is 0 Å². The van der Waals surface area contributed by atoms with E-state index in [1.54, 1.807) is 12.1 Å². The molecule has 0 radical (unpaired) electrons. The monoisotopic (exact) mass is 237 g/mol. The van der Waals surface area contributed by atoms with Gasteiger partial charge in [-0.2, -0.15) is 5.26 Å². The second kappa shape index (κ2) is 5.24. The van der Waals surface area contributed by atoms with Gasteiger partial charge in [-0.15, -0.1) is 6.58 Å². The van der Waals surface area contributed by atoms with Crippen LogP contribution in [0.2, 0.25) is 0 Å². The lowest BCUT2D eigenvalue weighted by atomic mass is 10.1. The van der Waals surface area contributed by atoms with E-state index in [4.69, 9.17) is 11.0 Å². The van der Waals surface area contributed by atoms with Crippen molar-refractivity contribution in [2.75, 3.05) is 5.73 Å². The van der Waals surface area contributed by atoms with Crippen LogP contribution >= 0.6 is 0 Å².